The van der Waals surface area contributed by atoms with Gasteiger partial charge in [-0.05, 0) is 46.2 Å². The first-order valence-electron chi connectivity index (χ1n) is 7.56. The second-order valence-electron chi connectivity index (χ2n) is 6.84. The molecular formula is C16H21F3N2O4. The lowest BCUT2D eigenvalue weighted by Crippen LogP contribution is -2.40. The molecule has 25 heavy (non-hydrogen) atoms. The monoisotopic (exact) mass is 362 g/mol. The summed E-state index contributed by atoms with van der Waals surface area (Å²) in [5.74, 6) is 0. The number of nitro benzene ring substituents is 1. The Morgan fingerprint density at radius 1 is 1.24 bits per heavy atom. The molecule has 0 saturated carbocycles. The van der Waals surface area contributed by atoms with Crippen LogP contribution in [0.25, 0.3) is 0 Å². The zero-order valence-corrected chi connectivity index (χ0v) is 14.7. The molecule has 9 heteroatoms. The van der Waals surface area contributed by atoms with E-state index in [1.54, 1.807) is 34.6 Å². The molecule has 1 rings (SSSR count). The Labute approximate surface area is 143 Å². The van der Waals surface area contributed by atoms with E-state index in [0.717, 1.165) is 12.1 Å². The Hall–Kier alpha value is -2.32. The van der Waals surface area contributed by atoms with Crippen LogP contribution in [0.1, 0.15) is 45.7 Å². The van der Waals surface area contributed by atoms with Gasteiger partial charge in [-0.3, -0.25) is 10.1 Å². The summed E-state index contributed by atoms with van der Waals surface area (Å²) in [6, 6.07) is 1.92. The summed E-state index contributed by atoms with van der Waals surface area (Å²) < 4.78 is 44.1. The fraction of sp³-hybridized carbons (Fsp3) is 0.562. The maximum Gasteiger partial charge on any atom is 0.416 e. The van der Waals surface area contributed by atoms with E-state index in [1.165, 1.54) is 4.90 Å². The number of nitro groups is 1. The van der Waals surface area contributed by atoms with E-state index < -0.39 is 34.0 Å². The van der Waals surface area contributed by atoms with Crippen molar-refractivity contribution < 1.29 is 27.6 Å². The van der Waals surface area contributed by atoms with Crippen LogP contribution in [0.15, 0.2) is 18.2 Å². The van der Waals surface area contributed by atoms with Crippen LogP contribution >= 0.6 is 0 Å². The molecule has 0 unspecified atom stereocenters. The Bertz CT molecular complexity index is 652. The molecule has 1 aromatic rings. The number of amides is 1. The first-order valence-corrected chi connectivity index (χ1v) is 7.56. The maximum atomic E-state index is 13.0. The number of carbonyl (C=O) groups excluding carboxylic acids is 1. The maximum absolute atomic E-state index is 13.0. The molecule has 0 saturated heterocycles. The number of halogens is 3. The van der Waals surface area contributed by atoms with Crippen molar-refractivity contribution in [1.29, 1.82) is 0 Å². The van der Waals surface area contributed by atoms with Crippen LogP contribution in [0.5, 0.6) is 0 Å². The second kappa shape index (κ2) is 7.28. The van der Waals surface area contributed by atoms with Gasteiger partial charge in [-0.25, -0.2) is 4.79 Å². The molecule has 0 aliphatic rings. The molecule has 0 N–H and O–H groups in total. The van der Waals surface area contributed by atoms with E-state index >= 15 is 0 Å². The highest BCUT2D eigenvalue weighted by atomic mass is 19.4. The molecule has 0 heterocycles. The van der Waals surface area contributed by atoms with Gasteiger partial charge in [0.05, 0.1) is 10.5 Å². The van der Waals surface area contributed by atoms with Crippen molar-refractivity contribution in [2.24, 2.45) is 0 Å². The van der Waals surface area contributed by atoms with E-state index in [-0.39, 0.29) is 18.2 Å². The van der Waals surface area contributed by atoms with Gasteiger partial charge in [0.2, 0.25) is 0 Å². The molecule has 0 atom stereocenters. The van der Waals surface area contributed by atoms with Crippen molar-refractivity contribution in [2.45, 2.75) is 59.0 Å². The number of nitrogens with zero attached hydrogens (tertiary/aromatic N) is 2. The second-order valence-corrected chi connectivity index (χ2v) is 6.84. The largest absolute Gasteiger partial charge is 0.444 e. The number of ether oxygens (including phenoxy) is 1. The van der Waals surface area contributed by atoms with Crippen molar-refractivity contribution in [3.63, 3.8) is 0 Å². The van der Waals surface area contributed by atoms with E-state index in [1.807, 2.05) is 0 Å². The topological polar surface area (TPSA) is 72.7 Å². The summed E-state index contributed by atoms with van der Waals surface area (Å²) in [5, 5.41) is 10.9. The number of carbonyl (C=O) groups is 1. The first kappa shape index (κ1) is 20.7. The van der Waals surface area contributed by atoms with Crippen molar-refractivity contribution in [3.05, 3.63) is 39.4 Å². The zero-order chi connectivity index (χ0) is 19.6. The van der Waals surface area contributed by atoms with Gasteiger partial charge in [0, 0.05) is 24.7 Å². The highest BCUT2D eigenvalue weighted by molar-refractivity contribution is 5.68. The average Bonchev–Trinajstić information content (AvgIpc) is 2.41. The van der Waals surface area contributed by atoms with Crippen LogP contribution in [0.4, 0.5) is 23.7 Å². The normalized spacial score (nSPS) is 12.2. The van der Waals surface area contributed by atoms with Gasteiger partial charge in [-0.1, -0.05) is 0 Å². The predicted octanol–water partition coefficient (Wildman–Crippen LogP) is 4.76. The molecule has 6 nitrogen and oxygen atoms in total. The Kier molecular flexibility index (Phi) is 6.04. The molecule has 0 radical (unpaired) electrons. The quantitative estimate of drug-likeness (QED) is 0.572. The lowest BCUT2D eigenvalue weighted by atomic mass is 10.1. The molecule has 0 fully saturated rings. The number of alkyl halides is 3. The Balaban J connectivity index is 3.22. The molecular weight excluding hydrogens is 341 g/mol. The summed E-state index contributed by atoms with van der Waals surface area (Å²) in [6.45, 7) is 8.10. The highest BCUT2D eigenvalue weighted by Gasteiger charge is 2.33. The van der Waals surface area contributed by atoms with Gasteiger partial charge in [-0.2, -0.15) is 13.2 Å². The SMILES string of the molecule is CC(C)N(Cc1cc([N+](=O)[O-])cc(C(F)(F)F)c1)C(=O)OC(C)(C)C. The average molecular weight is 362 g/mol. The fourth-order valence-electron chi connectivity index (χ4n) is 2.01. The van der Waals surface area contributed by atoms with Crippen LogP contribution in [0.3, 0.4) is 0 Å². The summed E-state index contributed by atoms with van der Waals surface area (Å²) in [5.41, 5.74) is -2.59. The number of non-ortho nitro benzene ring substituents is 1. The molecule has 0 aliphatic heterocycles. The molecule has 140 valence electrons. The van der Waals surface area contributed by atoms with E-state index in [9.17, 15) is 28.1 Å². The third kappa shape index (κ3) is 6.24. The minimum atomic E-state index is -4.73. The fourth-order valence-corrected chi connectivity index (χ4v) is 2.01. The lowest BCUT2D eigenvalue weighted by Gasteiger charge is -2.30. The van der Waals surface area contributed by atoms with Crippen molar-refractivity contribution >= 4 is 11.8 Å². The number of hydrogen-bond donors (Lipinski definition) is 0. The highest BCUT2D eigenvalue weighted by Crippen LogP contribution is 2.33. The number of benzene rings is 1. The third-order valence-corrected chi connectivity index (χ3v) is 3.12. The summed E-state index contributed by atoms with van der Waals surface area (Å²) in [4.78, 5) is 23.5. The summed E-state index contributed by atoms with van der Waals surface area (Å²) in [6.07, 6.45) is -5.43. The predicted molar refractivity (Wildman–Crippen MR) is 85.0 cm³/mol. The zero-order valence-electron chi connectivity index (χ0n) is 14.7. The van der Waals surface area contributed by atoms with Crippen molar-refractivity contribution in [3.8, 4) is 0 Å². The number of rotatable bonds is 4. The lowest BCUT2D eigenvalue weighted by molar-refractivity contribution is -0.385. The molecule has 0 aromatic heterocycles. The molecule has 1 amide bonds. The summed E-state index contributed by atoms with van der Waals surface area (Å²) in [7, 11) is 0. The molecule has 0 spiro atoms. The van der Waals surface area contributed by atoms with E-state index in [0.29, 0.717) is 6.07 Å². The van der Waals surface area contributed by atoms with Crippen LogP contribution in [0, 0.1) is 10.1 Å². The van der Waals surface area contributed by atoms with Gasteiger partial charge in [-0.15, -0.1) is 0 Å². The Morgan fingerprint density at radius 3 is 2.20 bits per heavy atom. The molecule has 0 aliphatic carbocycles. The van der Waals surface area contributed by atoms with Gasteiger partial charge < -0.3 is 9.64 Å². The first-order chi connectivity index (χ1) is 11.2. The number of hydrogen-bond acceptors (Lipinski definition) is 4. The smallest absolute Gasteiger partial charge is 0.416 e. The van der Waals surface area contributed by atoms with Crippen LogP contribution in [0.2, 0.25) is 0 Å². The van der Waals surface area contributed by atoms with Crippen LogP contribution < -0.4 is 0 Å². The molecule has 1 aromatic carbocycles. The van der Waals surface area contributed by atoms with Gasteiger partial charge in [0.25, 0.3) is 5.69 Å². The third-order valence-electron chi connectivity index (χ3n) is 3.12. The standard InChI is InChI=1S/C16H21F3N2O4/c1-10(2)20(14(22)25-15(3,4)5)9-11-6-12(16(17,18)19)8-13(7-11)21(23)24/h6-8,10H,9H2,1-5H3. The van der Waals surface area contributed by atoms with Gasteiger partial charge in [0.15, 0.2) is 0 Å². The van der Waals surface area contributed by atoms with Crippen LogP contribution in [-0.4, -0.2) is 27.6 Å². The van der Waals surface area contributed by atoms with E-state index in [4.69, 9.17) is 4.74 Å². The van der Waals surface area contributed by atoms with Gasteiger partial charge in [0.1, 0.15) is 5.60 Å². The Morgan fingerprint density at radius 2 is 1.80 bits per heavy atom. The van der Waals surface area contributed by atoms with E-state index in [2.05, 4.69) is 0 Å². The molecule has 0 bridgehead atoms. The minimum Gasteiger partial charge on any atom is -0.444 e. The van der Waals surface area contributed by atoms with Crippen molar-refractivity contribution in [1.82, 2.24) is 4.90 Å². The van der Waals surface area contributed by atoms with Gasteiger partial charge >= 0.3 is 12.3 Å². The summed E-state index contributed by atoms with van der Waals surface area (Å²) >= 11 is 0. The van der Waals surface area contributed by atoms with Crippen LogP contribution in [-0.2, 0) is 17.5 Å². The van der Waals surface area contributed by atoms with Crippen molar-refractivity contribution in [2.75, 3.05) is 0 Å². The minimum absolute atomic E-state index is 0.00100.